The van der Waals surface area contributed by atoms with Gasteiger partial charge in [0.15, 0.2) is 18.9 Å². The molecular formula is C49H80O18. The van der Waals surface area contributed by atoms with E-state index < -0.39 is 118 Å². The molecule has 0 aromatic heterocycles. The second-order valence-electron chi connectivity index (χ2n) is 23.2. The average Bonchev–Trinajstić information content (AvgIpc) is 3.66. The fourth-order valence-electron chi connectivity index (χ4n) is 15.9. The van der Waals surface area contributed by atoms with Gasteiger partial charge in [0.25, 0.3) is 0 Å². The third-order valence-corrected chi connectivity index (χ3v) is 19.6. The van der Waals surface area contributed by atoms with Crippen molar-refractivity contribution in [1.82, 2.24) is 0 Å². The number of esters is 1. The smallest absolute Gasteiger partial charge is 0.302 e. The Hall–Kier alpha value is -1.43. The third kappa shape index (κ3) is 8.39. The van der Waals surface area contributed by atoms with Gasteiger partial charge in [-0.3, -0.25) is 4.79 Å². The van der Waals surface area contributed by atoms with Crippen molar-refractivity contribution in [3.63, 3.8) is 0 Å². The summed E-state index contributed by atoms with van der Waals surface area (Å²) < 4.78 is 42.8. The first-order valence-electron chi connectivity index (χ1n) is 24.8. The molecule has 8 rings (SSSR count). The Morgan fingerprint density at radius 3 is 1.84 bits per heavy atom. The van der Waals surface area contributed by atoms with Gasteiger partial charge in [-0.05, 0) is 117 Å². The van der Waals surface area contributed by atoms with Crippen molar-refractivity contribution in [2.24, 2.45) is 51.2 Å². The Morgan fingerprint density at radius 1 is 0.612 bits per heavy atom. The number of hydrogen-bond acceptors (Lipinski definition) is 18. The van der Waals surface area contributed by atoms with Crippen molar-refractivity contribution >= 4 is 5.97 Å². The summed E-state index contributed by atoms with van der Waals surface area (Å²) in [7, 11) is 0. The van der Waals surface area contributed by atoms with Crippen molar-refractivity contribution in [2.75, 3.05) is 19.8 Å². The number of carbonyl (C=O) groups is 1. The number of allylic oxidation sites excluding steroid dienone is 1. The Morgan fingerprint density at radius 2 is 1.22 bits per heavy atom. The molecule has 3 aliphatic heterocycles. The summed E-state index contributed by atoms with van der Waals surface area (Å²) in [6.45, 7) is 18.1. The predicted octanol–water partition coefficient (Wildman–Crippen LogP) is 0.793. The normalized spacial score (nSPS) is 54.0. The molecule has 0 spiro atoms. The third-order valence-electron chi connectivity index (χ3n) is 19.6. The highest BCUT2D eigenvalue weighted by Crippen LogP contribution is 2.77. The zero-order valence-corrected chi connectivity index (χ0v) is 40.3. The van der Waals surface area contributed by atoms with Crippen LogP contribution >= 0.6 is 0 Å². The minimum atomic E-state index is -1.86. The molecule has 0 bridgehead atoms. The second-order valence-corrected chi connectivity index (χ2v) is 23.2. The zero-order valence-electron chi connectivity index (χ0n) is 40.3. The summed E-state index contributed by atoms with van der Waals surface area (Å²) in [5.74, 6) is 0.851. The first-order chi connectivity index (χ1) is 31.4. The van der Waals surface area contributed by atoms with Gasteiger partial charge in [-0.1, -0.05) is 46.8 Å². The van der Waals surface area contributed by atoms with Crippen LogP contribution in [0.1, 0.15) is 113 Å². The van der Waals surface area contributed by atoms with E-state index in [9.17, 15) is 55.9 Å². The fraction of sp³-hybridized carbons (Fsp3) is 0.939. The van der Waals surface area contributed by atoms with Crippen LogP contribution in [0.25, 0.3) is 0 Å². The predicted molar refractivity (Wildman–Crippen MR) is 235 cm³/mol. The Balaban J connectivity index is 1.09. The minimum absolute atomic E-state index is 0.0258. The maximum atomic E-state index is 12.2. The molecule has 384 valence electrons. The topological polar surface area (TPSA) is 284 Å². The molecule has 8 aliphatic rings. The van der Waals surface area contributed by atoms with E-state index in [0.717, 1.165) is 56.9 Å². The standard InChI is InChI=1S/C49H80O18/c1-22(2)24-11-16-49(18-17-47(7)25(32(24)49)9-10-30-46(6)14-13-31(62-23(3)52)45(4,5)29(46)12-15-48(30,47)8)67-44-40(60)41(66-43-39(59)37(57)34(54)27(20-51)64-43)35(55)28(65-44)21-61-42-38(58)36(56)33(53)26(19-50)63-42/h24-44,50-51,53-60H,1,9-21H2,2-8H3/t24-,25+,26+,27+,28+,29-,30+,31-,32+,33+,34+,35-,36-,37-,38-,39-,40?,41-,42-,43-,44+,46-,47+,48+,49-/m0/s1. The first-order valence-corrected chi connectivity index (χ1v) is 24.8. The summed E-state index contributed by atoms with van der Waals surface area (Å²) in [6, 6.07) is 0. The van der Waals surface area contributed by atoms with Crippen molar-refractivity contribution in [1.29, 1.82) is 0 Å². The van der Waals surface area contributed by atoms with Gasteiger partial charge in [-0.2, -0.15) is 0 Å². The highest BCUT2D eigenvalue weighted by molar-refractivity contribution is 5.66. The van der Waals surface area contributed by atoms with Gasteiger partial charge in [0, 0.05) is 12.3 Å². The van der Waals surface area contributed by atoms with Gasteiger partial charge in [0.05, 0.1) is 25.4 Å². The molecule has 3 saturated heterocycles. The van der Waals surface area contributed by atoms with E-state index in [0.29, 0.717) is 24.7 Å². The highest BCUT2D eigenvalue weighted by atomic mass is 16.8. The SMILES string of the molecule is C=C(C)[C@@H]1CC[C@]2(O[C@H]3O[C@H](CO[C@H]4O[C@H](CO)[C@@H](O)[C@H](O)[C@@H]4O)[C@H](O)[C@H](O[C@@H]4O[C@H](CO)[C@@H](O)[C@H](O)[C@@H]4O)C3O)CC[C@]3(C)[C@H](CC[C@@H]4[C@@]5(C)CC[C@H](OC(C)=O)C(C)(C)[C@@H]5CC[C@]43C)[C@@H]12. The molecule has 8 fully saturated rings. The van der Waals surface area contributed by atoms with Crippen molar-refractivity contribution in [2.45, 2.75) is 216 Å². The van der Waals surface area contributed by atoms with E-state index in [1.807, 2.05) is 0 Å². The Kier molecular flexibility index (Phi) is 14.6. The number of hydrogen-bond donors (Lipinski definition) is 10. The molecule has 0 radical (unpaired) electrons. The molecule has 0 aromatic carbocycles. The molecule has 5 saturated carbocycles. The number of rotatable bonds is 11. The second kappa shape index (κ2) is 18.9. The van der Waals surface area contributed by atoms with Gasteiger partial charge >= 0.3 is 5.97 Å². The first kappa shape index (κ1) is 51.9. The Bertz CT molecular complexity index is 1780. The van der Waals surface area contributed by atoms with Crippen LogP contribution in [-0.4, -0.2) is 181 Å². The summed E-state index contributed by atoms with van der Waals surface area (Å²) in [5, 5.41) is 107. The van der Waals surface area contributed by atoms with Crippen LogP contribution in [0.3, 0.4) is 0 Å². The van der Waals surface area contributed by atoms with Crippen LogP contribution in [0.2, 0.25) is 0 Å². The maximum absolute atomic E-state index is 12.2. The van der Waals surface area contributed by atoms with Gasteiger partial charge in [0.2, 0.25) is 0 Å². The van der Waals surface area contributed by atoms with Crippen molar-refractivity contribution in [3.05, 3.63) is 12.2 Å². The molecular weight excluding hydrogens is 877 g/mol. The maximum Gasteiger partial charge on any atom is 0.302 e. The number of carbonyl (C=O) groups excluding carboxylic acids is 1. The molecule has 67 heavy (non-hydrogen) atoms. The van der Waals surface area contributed by atoms with Gasteiger partial charge < -0.3 is 84.2 Å². The number of aliphatic hydroxyl groups is 10. The molecule has 0 amide bonds. The number of fused-ring (bicyclic) bond motifs is 7. The lowest BCUT2D eigenvalue weighted by Gasteiger charge is -2.73. The van der Waals surface area contributed by atoms with E-state index >= 15 is 0 Å². The van der Waals surface area contributed by atoms with Crippen LogP contribution in [0.15, 0.2) is 12.2 Å². The summed E-state index contributed by atoms with van der Waals surface area (Å²) in [6.07, 6.45) is -15.8. The van der Waals surface area contributed by atoms with Crippen molar-refractivity contribution in [3.8, 4) is 0 Å². The zero-order chi connectivity index (χ0) is 48.9. The summed E-state index contributed by atoms with van der Waals surface area (Å²) >= 11 is 0. The van der Waals surface area contributed by atoms with Crippen LogP contribution in [0.4, 0.5) is 0 Å². The molecule has 18 nitrogen and oxygen atoms in total. The van der Waals surface area contributed by atoms with E-state index in [2.05, 4.69) is 48.1 Å². The van der Waals surface area contributed by atoms with Gasteiger partial charge in [0.1, 0.15) is 79.4 Å². The largest absolute Gasteiger partial charge is 0.462 e. The molecule has 18 heteroatoms. The molecule has 3 heterocycles. The lowest BCUT2D eigenvalue weighted by molar-refractivity contribution is -0.381. The van der Waals surface area contributed by atoms with Gasteiger partial charge in [-0.25, -0.2) is 0 Å². The summed E-state index contributed by atoms with van der Waals surface area (Å²) in [4.78, 5) is 12.2. The van der Waals surface area contributed by atoms with Crippen LogP contribution in [-0.2, 0) is 38.0 Å². The van der Waals surface area contributed by atoms with E-state index in [1.165, 1.54) is 6.92 Å². The molecule has 5 aliphatic carbocycles. The quantitative estimate of drug-likeness (QED) is 0.0779. The number of ether oxygens (including phenoxy) is 7. The van der Waals surface area contributed by atoms with Gasteiger partial charge in [-0.15, -0.1) is 0 Å². The van der Waals surface area contributed by atoms with Crippen molar-refractivity contribution < 1.29 is 89.0 Å². The number of aliphatic hydroxyl groups excluding tert-OH is 10. The van der Waals surface area contributed by atoms with E-state index in [-0.39, 0.29) is 51.5 Å². The highest BCUT2D eigenvalue weighted by Gasteiger charge is 2.72. The van der Waals surface area contributed by atoms with Crippen LogP contribution in [0.5, 0.6) is 0 Å². The molecule has 10 N–H and O–H groups in total. The average molecular weight is 957 g/mol. The monoisotopic (exact) mass is 957 g/mol. The molecule has 1 unspecified atom stereocenters. The summed E-state index contributed by atoms with van der Waals surface area (Å²) in [5.41, 5.74) is -0.0494. The lowest BCUT2D eigenvalue weighted by Crippen LogP contribution is -2.69. The van der Waals surface area contributed by atoms with Crippen LogP contribution in [0, 0.1) is 51.2 Å². The molecule has 0 aromatic rings. The van der Waals surface area contributed by atoms with E-state index in [1.54, 1.807) is 0 Å². The van der Waals surface area contributed by atoms with E-state index in [4.69, 9.17) is 33.2 Å². The molecule has 25 atom stereocenters. The minimum Gasteiger partial charge on any atom is -0.462 e. The fourth-order valence-corrected chi connectivity index (χ4v) is 15.9. The van der Waals surface area contributed by atoms with Crippen LogP contribution < -0.4 is 0 Å². The lowest BCUT2D eigenvalue weighted by atomic mass is 9.33. The Labute approximate surface area is 393 Å².